The number of hydrogen-bond acceptors (Lipinski definition) is 6. The zero-order valence-corrected chi connectivity index (χ0v) is 10.6. The van der Waals surface area contributed by atoms with Crippen molar-refractivity contribution in [1.82, 2.24) is 0 Å². The number of aliphatic hydroxyl groups is 2. The minimum absolute atomic E-state index is 0.190. The maximum absolute atomic E-state index is 11.0. The Morgan fingerprint density at radius 1 is 1.47 bits per heavy atom. The number of carbonyl (C=O) groups excluding carboxylic acids is 1. The van der Waals surface area contributed by atoms with E-state index in [1.165, 1.54) is 25.3 Å². The third kappa shape index (κ3) is 3.73. The Bertz CT molecular complexity index is 487. The maximum atomic E-state index is 11.0. The maximum Gasteiger partial charge on any atom is 0.308 e. The molecule has 0 spiro atoms. The quantitative estimate of drug-likeness (QED) is 0.466. The first-order valence-electron chi connectivity index (χ1n) is 5.54. The lowest BCUT2D eigenvalue weighted by atomic mass is 9.97. The van der Waals surface area contributed by atoms with E-state index in [-0.39, 0.29) is 17.7 Å². The van der Waals surface area contributed by atoms with Crippen LogP contribution in [0.2, 0.25) is 0 Å². The molecule has 0 heterocycles. The van der Waals surface area contributed by atoms with Crippen molar-refractivity contribution < 1.29 is 24.7 Å². The van der Waals surface area contributed by atoms with Crippen LogP contribution in [0.1, 0.15) is 23.7 Å². The molecule has 2 atom stereocenters. The fraction of sp³-hybridized carbons (Fsp3) is 0.417. The largest absolute Gasteiger partial charge is 0.469 e. The number of nitrogens with zero attached hydrogens (tertiary/aromatic N) is 1. The van der Waals surface area contributed by atoms with E-state index in [9.17, 15) is 25.1 Å². The number of methoxy groups -OCH3 is 1. The van der Waals surface area contributed by atoms with Gasteiger partial charge in [0.2, 0.25) is 0 Å². The van der Waals surface area contributed by atoms with Crippen LogP contribution in [-0.2, 0) is 9.53 Å². The third-order valence-electron chi connectivity index (χ3n) is 2.76. The van der Waals surface area contributed by atoms with Crippen LogP contribution in [0.3, 0.4) is 0 Å². The van der Waals surface area contributed by atoms with E-state index < -0.39 is 23.1 Å². The van der Waals surface area contributed by atoms with Gasteiger partial charge in [-0.15, -0.1) is 0 Å². The molecule has 0 bridgehead atoms. The first kappa shape index (κ1) is 15.1. The number of nitro groups is 1. The number of carbonyl (C=O) groups is 1. The number of aryl methyl sites for hydroxylation is 1. The van der Waals surface area contributed by atoms with Crippen LogP contribution in [0.25, 0.3) is 0 Å². The van der Waals surface area contributed by atoms with Gasteiger partial charge in [-0.1, -0.05) is 6.07 Å². The van der Waals surface area contributed by atoms with Gasteiger partial charge in [-0.3, -0.25) is 14.9 Å². The SMILES string of the molecule is COC(=O)CC(O)C(O)c1cc([N+](=O)[O-])ccc1C. The highest BCUT2D eigenvalue weighted by atomic mass is 16.6. The van der Waals surface area contributed by atoms with Crippen LogP contribution in [0.15, 0.2) is 18.2 Å². The van der Waals surface area contributed by atoms with Crippen molar-refractivity contribution in [3.63, 3.8) is 0 Å². The van der Waals surface area contributed by atoms with Crippen LogP contribution < -0.4 is 0 Å². The number of nitro benzene ring substituents is 1. The Morgan fingerprint density at radius 2 is 2.11 bits per heavy atom. The fourth-order valence-corrected chi connectivity index (χ4v) is 1.63. The number of rotatable bonds is 5. The van der Waals surface area contributed by atoms with Gasteiger partial charge < -0.3 is 14.9 Å². The zero-order chi connectivity index (χ0) is 14.6. The lowest BCUT2D eigenvalue weighted by molar-refractivity contribution is -0.385. The highest BCUT2D eigenvalue weighted by molar-refractivity contribution is 5.69. The smallest absolute Gasteiger partial charge is 0.308 e. The molecule has 0 radical (unpaired) electrons. The average Bonchev–Trinajstić information content (AvgIpc) is 2.37. The van der Waals surface area contributed by atoms with Crippen LogP contribution >= 0.6 is 0 Å². The topological polar surface area (TPSA) is 110 Å². The number of hydrogen-bond donors (Lipinski definition) is 2. The van der Waals surface area contributed by atoms with Crippen molar-refractivity contribution in [3.8, 4) is 0 Å². The molecule has 0 aliphatic carbocycles. The molecule has 0 aromatic heterocycles. The van der Waals surface area contributed by atoms with Gasteiger partial charge in [0.05, 0.1) is 24.6 Å². The predicted molar refractivity (Wildman–Crippen MR) is 65.4 cm³/mol. The molecule has 0 aliphatic rings. The molecule has 0 amide bonds. The summed E-state index contributed by atoms with van der Waals surface area (Å²) in [5, 5.41) is 30.3. The Kier molecular flexibility index (Phi) is 4.96. The highest BCUT2D eigenvalue weighted by Crippen LogP contribution is 2.26. The average molecular weight is 269 g/mol. The number of esters is 1. The summed E-state index contributed by atoms with van der Waals surface area (Å²) in [7, 11) is 1.17. The van der Waals surface area contributed by atoms with Gasteiger partial charge in [0, 0.05) is 12.1 Å². The minimum atomic E-state index is -1.39. The zero-order valence-electron chi connectivity index (χ0n) is 10.6. The Balaban J connectivity index is 2.97. The van der Waals surface area contributed by atoms with E-state index in [2.05, 4.69) is 4.74 Å². The van der Waals surface area contributed by atoms with E-state index in [0.717, 1.165) is 0 Å². The summed E-state index contributed by atoms with van der Waals surface area (Å²) >= 11 is 0. The second-order valence-corrected chi connectivity index (χ2v) is 4.09. The Hall–Kier alpha value is -1.99. The molecule has 1 aromatic carbocycles. The summed E-state index contributed by atoms with van der Waals surface area (Å²) in [6, 6.07) is 3.96. The molecule has 0 fully saturated rings. The van der Waals surface area contributed by atoms with Crippen molar-refractivity contribution in [2.75, 3.05) is 7.11 Å². The van der Waals surface area contributed by atoms with Crippen LogP contribution in [0, 0.1) is 17.0 Å². The van der Waals surface area contributed by atoms with Gasteiger partial charge in [0.15, 0.2) is 0 Å². The summed E-state index contributed by atoms with van der Waals surface area (Å²) in [5.41, 5.74) is 0.609. The van der Waals surface area contributed by atoms with E-state index in [1.807, 2.05) is 0 Å². The van der Waals surface area contributed by atoms with E-state index >= 15 is 0 Å². The van der Waals surface area contributed by atoms with Crippen molar-refractivity contribution in [3.05, 3.63) is 39.4 Å². The first-order valence-corrected chi connectivity index (χ1v) is 5.54. The van der Waals surface area contributed by atoms with Gasteiger partial charge in [-0.25, -0.2) is 0 Å². The number of benzene rings is 1. The number of non-ortho nitro benzene ring substituents is 1. The van der Waals surface area contributed by atoms with Crippen LogP contribution in [0.5, 0.6) is 0 Å². The molecule has 0 saturated carbocycles. The van der Waals surface area contributed by atoms with Crippen LogP contribution in [-0.4, -0.2) is 34.3 Å². The highest BCUT2D eigenvalue weighted by Gasteiger charge is 2.24. The summed E-state index contributed by atoms with van der Waals surface area (Å²) in [5.74, 6) is -0.672. The second kappa shape index (κ2) is 6.26. The second-order valence-electron chi connectivity index (χ2n) is 4.09. The molecule has 19 heavy (non-hydrogen) atoms. The minimum Gasteiger partial charge on any atom is -0.469 e. The molecular formula is C12H15NO6. The van der Waals surface area contributed by atoms with E-state index in [0.29, 0.717) is 5.56 Å². The molecule has 1 aromatic rings. The molecule has 7 heteroatoms. The molecule has 0 aliphatic heterocycles. The van der Waals surface area contributed by atoms with Gasteiger partial charge in [-0.05, 0) is 18.1 Å². The molecule has 2 unspecified atom stereocenters. The van der Waals surface area contributed by atoms with E-state index in [4.69, 9.17) is 0 Å². The van der Waals surface area contributed by atoms with Gasteiger partial charge >= 0.3 is 5.97 Å². The van der Waals surface area contributed by atoms with Gasteiger partial charge in [0.25, 0.3) is 5.69 Å². The predicted octanol–water partition coefficient (Wildman–Crippen LogP) is 0.861. The normalized spacial score (nSPS) is 13.7. The summed E-state index contributed by atoms with van der Waals surface area (Å²) in [6.07, 6.45) is -3.16. The lowest BCUT2D eigenvalue weighted by Gasteiger charge is -2.18. The number of ether oxygens (including phenoxy) is 1. The van der Waals surface area contributed by atoms with Crippen LogP contribution in [0.4, 0.5) is 5.69 Å². The molecule has 0 saturated heterocycles. The molecule has 7 nitrogen and oxygen atoms in total. The van der Waals surface area contributed by atoms with Crippen molar-refractivity contribution in [1.29, 1.82) is 0 Å². The fourth-order valence-electron chi connectivity index (χ4n) is 1.63. The van der Waals surface area contributed by atoms with Crippen molar-refractivity contribution >= 4 is 11.7 Å². The summed E-state index contributed by atoms with van der Waals surface area (Å²) < 4.78 is 4.38. The van der Waals surface area contributed by atoms with Crippen molar-refractivity contribution in [2.45, 2.75) is 25.6 Å². The summed E-state index contributed by atoms with van der Waals surface area (Å²) in [4.78, 5) is 21.1. The third-order valence-corrected chi connectivity index (χ3v) is 2.76. The summed E-state index contributed by atoms with van der Waals surface area (Å²) in [6.45, 7) is 1.65. The van der Waals surface area contributed by atoms with Gasteiger partial charge in [0.1, 0.15) is 6.10 Å². The monoisotopic (exact) mass is 269 g/mol. The lowest BCUT2D eigenvalue weighted by Crippen LogP contribution is -2.23. The molecular weight excluding hydrogens is 254 g/mol. The molecule has 2 N–H and O–H groups in total. The molecule has 104 valence electrons. The first-order chi connectivity index (χ1) is 8.86. The Labute approximate surface area is 109 Å². The Morgan fingerprint density at radius 3 is 2.63 bits per heavy atom. The van der Waals surface area contributed by atoms with Crippen molar-refractivity contribution in [2.24, 2.45) is 0 Å². The molecule has 1 rings (SSSR count). The standard InChI is InChI=1S/C12H15NO6/c1-7-3-4-8(13(17)18)5-9(7)12(16)10(14)6-11(15)19-2/h3-5,10,12,14,16H,6H2,1-2H3. The van der Waals surface area contributed by atoms with Gasteiger partial charge in [-0.2, -0.15) is 0 Å². The number of aliphatic hydroxyl groups excluding tert-OH is 2. The van der Waals surface area contributed by atoms with E-state index in [1.54, 1.807) is 6.92 Å².